The zero-order chi connectivity index (χ0) is 107. The van der Waals surface area contributed by atoms with E-state index in [9.17, 15) is 91.8 Å². The zero-order valence-electron chi connectivity index (χ0n) is 82.4. The van der Waals surface area contributed by atoms with Crippen LogP contribution in [-0.4, -0.2) is 267 Å². The Kier molecular flexibility index (Phi) is 32.8. The number of hydrogen-bond acceptors (Lipinski definition) is 25. The Hall–Kier alpha value is -15.4. The molecule has 5 fully saturated rings. The number of likely N-dealkylation sites (N-methyl/N-ethyl adjacent to an activating group) is 1. The number of alkyl halides is 10. The van der Waals surface area contributed by atoms with Crippen LogP contribution in [-0.2, 0) is 117 Å². The van der Waals surface area contributed by atoms with Crippen LogP contribution in [0.1, 0.15) is 68.9 Å². The van der Waals surface area contributed by atoms with Gasteiger partial charge in [-0.05, 0) is 128 Å². The number of nitrogens with two attached hydrogens (primary N) is 5. The van der Waals surface area contributed by atoms with E-state index in [1.807, 2.05) is 94.1 Å². The molecule has 10 aliphatic heterocycles. The number of amides is 10. The van der Waals surface area contributed by atoms with Gasteiger partial charge in [0, 0.05) is 80.1 Å². The monoisotopic (exact) mass is 2100 g/mol. The predicted molar refractivity (Wildman–Crippen MR) is 521 cm³/mol. The van der Waals surface area contributed by atoms with Crippen LogP contribution in [0.2, 0.25) is 0 Å². The van der Waals surface area contributed by atoms with Crippen molar-refractivity contribution >= 4 is 88.5 Å². The van der Waals surface area contributed by atoms with Crippen LogP contribution >= 0.6 is 0 Å². The molecule has 5 aromatic carbocycles. The number of nitrogens with zero attached hydrogens (tertiary/aromatic N) is 16. The topological polar surface area (TPSA) is 495 Å². The molecule has 20 rings (SSSR count). The van der Waals surface area contributed by atoms with Gasteiger partial charge in [-0.3, -0.25) is 67.8 Å². The minimum Gasteiger partial charge on any atom is -0.491 e. The number of fused-ring (bicyclic) bond motifs is 15. The van der Waals surface area contributed by atoms with Crippen LogP contribution in [0.3, 0.4) is 0 Å². The van der Waals surface area contributed by atoms with Gasteiger partial charge >= 0.3 is 12.2 Å². The molecule has 0 radical (unpaired) electrons. The number of carbonyl (C=O) groups excluding carboxylic acids is 10. The van der Waals surface area contributed by atoms with E-state index in [0.29, 0.717) is 184 Å². The van der Waals surface area contributed by atoms with Crippen molar-refractivity contribution in [1.29, 1.82) is 0 Å². The maximum absolute atomic E-state index is 13.7. The van der Waals surface area contributed by atoms with Gasteiger partial charge in [-0.1, -0.05) is 65.0 Å². The summed E-state index contributed by atoms with van der Waals surface area (Å²) in [7, 11) is 1.65. The van der Waals surface area contributed by atoms with Crippen LogP contribution in [0.25, 0.3) is 56.9 Å². The number of carbonyl (C=O) groups is 10. The largest absolute Gasteiger partial charge is 0.491 e. The molecule has 800 valence electrons. The SMILES string of the molecule is C[C@H](Cc1ccc2c(c1)OCCn1cc(N3C(=O)CN(C)C[C@H]3C(F)F)nc1-2)C(N)=O.C[C@H](Cc1ccc2c(c1)OCCn1cc(N3C(=O)CNC[C@H]3C(F)F)nc1-2)C(N)=O.C[C@H](Cc1ccc2c(c1)OCCn1cc(N3C(=O)COC[C@H]3C(F)F)nc1-2)C(N)=O.C[C@H](Cc1ccc2c(c1)OCCn1cc(N3C(=O)OCC[C@H]3C(F)F)nc1-2)C(N)=O.C[C@H](Cc1ccc2c(c1)OCCn1cc(N3CC(F)(F)COC3=O)nc1-2)C(N)=O. The summed E-state index contributed by atoms with van der Waals surface area (Å²) in [6, 6.07) is 22.4. The Labute approximate surface area is 851 Å². The zero-order valence-corrected chi connectivity index (χ0v) is 82.4. The third-order valence-electron chi connectivity index (χ3n) is 26.8. The second kappa shape index (κ2) is 45.8. The number of primary amides is 5. The molecule has 11 N–H and O–H groups in total. The molecule has 15 heterocycles. The van der Waals surface area contributed by atoms with Crippen molar-refractivity contribution in [3.63, 3.8) is 0 Å². The number of rotatable bonds is 24. The molecule has 10 aromatic rings. The third kappa shape index (κ3) is 24.1. The standard InChI is InChI=1S/C21H25F2N5O3.C20H23F2N5O3.2C20H22F2N4O4.C19H20F2N4O4/c1-12(20(24)30)7-13-3-4-14-16(8-13)31-6-5-27-10-17(25-21(14)27)28-15(19(22)23)9-26(2)11-18(28)29;1-11(19(23)29)6-12-2-3-13-15(7-12)30-5-4-26-10-16(25-20(13)26)27-14(18(21)22)8-24-9-17(27)28;1-11(18(23)27)8-12-2-3-13-15(9-12)29-7-5-25-10-16(24-19(13)25)26-14(17(21)22)4-6-30-20(26)28;1-11(19(23)28)6-12-2-3-13-15(7-12)30-5-4-25-8-16(24-20(13)25)26-14(18(21)22)9-29-10-17(26)27;1-11(16(22)26)6-12-2-3-13-14(7-12)28-5-4-24-8-15(23-17(13)24)25-9-19(20,21)10-29-18(25)27/h3-4,8,10,12,15,19H,5-7,9,11H2,1-2H3,(H2,24,30);2-3,7,10-11,14,18,24H,4-6,8-9H2,1H3,(H2,23,29);2-3,9-11,14,17H,4-8H2,1H3,(H2,23,27);2-3,7-8,11,14,18H,4-6,9-10H2,1H3,(H2,23,28);2-3,7-8,11H,4-6,9-10H2,1H3,(H2,22,26)/t12-,15+;3*11-,14+;11-/m11111/s1. The number of anilines is 5. The maximum Gasteiger partial charge on any atom is 0.415 e. The van der Waals surface area contributed by atoms with Gasteiger partial charge < -0.3 is 94.7 Å². The van der Waals surface area contributed by atoms with Gasteiger partial charge in [0.05, 0.1) is 93.4 Å². The van der Waals surface area contributed by atoms with Gasteiger partial charge in [0.25, 0.3) is 37.5 Å². The summed E-state index contributed by atoms with van der Waals surface area (Å²) in [6.07, 6.45) is -2.12. The second-order valence-electron chi connectivity index (χ2n) is 38.0. The molecule has 10 aliphatic rings. The fourth-order valence-electron chi connectivity index (χ4n) is 18.6. The summed E-state index contributed by atoms with van der Waals surface area (Å²) >= 11 is 0. The summed E-state index contributed by atoms with van der Waals surface area (Å²) in [5.41, 5.74) is 34.6. The van der Waals surface area contributed by atoms with Crippen LogP contribution in [0.5, 0.6) is 28.7 Å². The van der Waals surface area contributed by atoms with Crippen LogP contribution in [0, 0.1) is 29.6 Å². The van der Waals surface area contributed by atoms with Gasteiger partial charge in [-0.2, -0.15) is 0 Å². The van der Waals surface area contributed by atoms with Crippen LogP contribution in [0.4, 0.5) is 82.6 Å². The first-order valence-corrected chi connectivity index (χ1v) is 48.5. The summed E-state index contributed by atoms with van der Waals surface area (Å²) < 4.78 is 188. The molecular formula is C100H112F10N22O18. The summed E-state index contributed by atoms with van der Waals surface area (Å²) in [5, 5.41) is 2.72. The lowest BCUT2D eigenvalue weighted by molar-refractivity contribution is -0.130. The van der Waals surface area contributed by atoms with Gasteiger partial charge in [-0.15, -0.1) is 0 Å². The number of ether oxygens (including phenoxy) is 8. The average molecular weight is 2100 g/mol. The molecule has 0 spiro atoms. The van der Waals surface area contributed by atoms with E-state index in [1.54, 1.807) is 97.3 Å². The maximum atomic E-state index is 13.7. The summed E-state index contributed by atoms with van der Waals surface area (Å²) in [5.74, 6) is -1.62. The Bertz CT molecular complexity index is 6360. The number of morpholine rings is 1. The van der Waals surface area contributed by atoms with Crippen LogP contribution < -0.4 is 82.2 Å². The van der Waals surface area contributed by atoms with Crippen molar-refractivity contribution in [2.24, 2.45) is 58.3 Å². The van der Waals surface area contributed by atoms with Crippen molar-refractivity contribution in [2.45, 2.75) is 162 Å². The summed E-state index contributed by atoms with van der Waals surface area (Å²) in [6.45, 7) is 10.7. The smallest absolute Gasteiger partial charge is 0.415 e. The quantitative estimate of drug-likeness (QED) is 0.0307. The van der Waals surface area contributed by atoms with E-state index >= 15 is 0 Å². The first-order chi connectivity index (χ1) is 71.5. The predicted octanol–water partition coefficient (Wildman–Crippen LogP) is 9.08. The molecule has 5 aromatic heterocycles. The minimum absolute atomic E-state index is 0.00665. The number of nitrogens with one attached hydrogen (secondary N) is 1. The fourth-order valence-corrected chi connectivity index (χ4v) is 18.6. The Morgan fingerprint density at radius 2 is 0.700 bits per heavy atom. The number of imidazole rings is 5. The molecule has 0 aliphatic carbocycles. The number of cyclic esters (lactones) is 2. The molecule has 9 atom stereocenters. The molecule has 0 saturated carbocycles. The second-order valence-corrected chi connectivity index (χ2v) is 38.0. The molecule has 5 saturated heterocycles. The van der Waals surface area contributed by atoms with Gasteiger partial charge in [0.1, 0.15) is 122 Å². The van der Waals surface area contributed by atoms with Gasteiger partial charge in [0.15, 0.2) is 35.7 Å². The van der Waals surface area contributed by atoms with E-state index in [1.165, 1.54) is 0 Å². The van der Waals surface area contributed by atoms with Crippen molar-refractivity contribution in [3.8, 4) is 85.7 Å². The molecule has 10 amide bonds. The van der Waals surface area contributed by atoms with E-state index in [2.05, 4.69) is 35.0 Å². The average Bonchev–Trinajstić information content (AvgIpc) is 1.63. The van der Waals surface area contributed by atoms with Gasteiger partial charge in [-0.25, -0.2) is 78.4 Å². The molecule has 40 nitrogen and oxygen atoms in total. The molecule has 50 heteroatoms. The van der Waals surface area contributed by atoms with E-state index < -0.39 is 98.9 Å². The number of aromatic nitrogens is 10. The first kappa shape index (κ1) is 107. The van der Waals surface area contributed by atoms with Gasteiger partial charge in [0.2, 0.25) is 41.4 Å². The van der Waals surface area contributed by atoms with E-state index in [4.69, 9.17) is 61.8 Å². The highest BCUT2D eigenvalue weighted by Gasteiger charge is 2.47. The lowest BCUT2D eigenvalue weighted by Gasteiger charge is -2.37. The highest BCUT2D eigenvalue weighted by molar-refractivity contribution is 5.98. The molecule has 150 heavy (non-hydrogen) atoms. The highest BCUT2D eigenvalue weighted by atomic mass is 19.3. The highest BCUT2D eigenvalue weighted by Crippen LogP contribution is 2.44. The third-order valence-corrected chi connectivity index (χ3v) is 26.8. The number of halogens is 10. The van der Waals surface area contributed by atoms with Crippen molar-refractivity contribution in [3.05, 3.63) is 150 Å². The normalized spacial score (nSPS) is 19.5. The fraction of sp³-hybridized carbons (Fsp3) is 0.450. The molecule has 0 unspecified atom stereocenters. The number of piperazine rings is 2. The molecular weight excluding hydrogens is 1990 g/mol. The Morgan fingerprint density at radius 1 is 0.387 bits per heavy atom. The van der Waals surface area contributed by atoms with E-state index in [-0.39, 0.29) is 141 Å². The minimum atomic E-state index is -3.14. The lowest BCUT2D eigenvalue weighted by Crippen LogP contribution is -2.58. The lowest BCUT2D eigenvalue weighted by atomic mass is 9.99. The molecule has 0 bridgehead atoms. The van der Waals surface area contributed by atoms with Crippen molar-refractivity contribution in [1.82, 2.24) is 58.0 Å². The number of benzene rings is 5. The first-order valence-electron chi connectivity index (χ1n) is 48.5. The van der Waals surface area contributed by atoms with Crippen LogP contribution in [0.15, 0.2) is 122 Å². The van der Waals surface area contributed by atoms with Crippen molar-refractivity contribution < 1.29 is 130 Å². The summed E-state index contributed by atoms with van der Waals surface area (Å²) in [4.78, 5) is 147. The Morgan fingerprint density at radius 3 is 1.03 bits per heavy atom. The van der Waals surface area contributed by atoms with E-state index in [0.717, 1.165) is 52.3 Å². The number of hydrogen-bond donors (Lipinski definition) is 6. The van der Waals surface area contributed by atoms with Crippen molar-refractivity contribution in [2.75, 3.05) is 124 Å². The Balaban J connectivity index is 0.000000133.